The van der Waals surface area contributed by atoms with Crippen molar-refractivity contribution >= 4 is 23.2 Å². The molecule has 1 fully saturated rings. The number of nitrogens with one attached hydrogen (secondary N) is 1. The van der Waals surface area contributed by atoms with E-state index in [0.717, 1.165) is 16.0 Å². The van der Waals surface area contributed by atoms with Crippen LogP contribution in [0.4, 0.5) is 11.4 Å². The fraction of sp³-hybridized carbons (Fsp3) is 0.154. The van der Waals surface area contributed by atoms with E-state index in [-0.39, 0.29) is 35.0 Å². The Kier molecular flexibility index (Phi) is 5.19. The normalized spacial score (nSPS) is 25.6. The zero-order chi connectivity index (χ0) is 22.2. The first-order chi connectivity index (χ1) is 15.6. The van der Waals surface area contributed by atoms with Gasteiger partial charge in [0, 0.05) is 17.9 Å². The van der Waals surface area contributed by atoms with Crippen LogP contribution in [0.2, 0.25) is 0 Å². The van der Waals surface area contributed by atoms with E-state index in [2.05, 4.69) is 0 Å². The summed E-state index contributed by atoms with van der Waals surface area (Å²) in [5.41, 5.74) is 1.98. The van der Waals surface area contributed by atoms with E-state index in [1.165, 1.54) is 12.1 Å². The van der Waals surface area contributed by atoms with Gasteiger partial charge < -0.3 is 5.21 Å². The molecule has 0 bridgehead atoms. The number of carbonyl (C=O) groups excluding carboxylic acids is 2. The minimum absolute atomic E-state index is 0.0617. The number of allylic oxidation sites excluding steroid dienone is 2. The Morgan fingerprint density at radius 1 is 0.688 bits per heavy atom. The van der Waals surface area contributed by atoms with E-state index in [1.54, 1.807) is 12.1 Å². The SMILES string of the molecule is O=C1[C@@H]2[C@H](C(=O)N1c1ccccc1[NH+]([O-])O)[C@H](c1ccccc1)C=C[C@@H]2c1ccccc1. The molecular weight excluding hydrogens is 404 g/mol. The lowest BCUT2D eigenvalue weighted by Crippen LogP contribution is -2.99. The molecule has 2 N–H and O–H groups in total. The standard InChI is InChI=1S/C26H22N2O4/c29-25-23-19(17-9-3-1-4-10-17)15-16-20(18-11-5-2-6-12-18)24(23)26(30)27(25)21-13-7-8-14-22(21)28(31)32/h1-16,19-20,23-24,28,31H/t19-,20+,23+,24-. The zero-order valence-corrected chi connectivity index (χ0v) is 17.2. The number of amides is 2. The van der Waals surface area contributed by atoms with Gasteiger partial charge in [0.05, 0.1) is 11.8 Å². The molecule has 5 rings (SSSR count). The van der Waals surface area contributed by atoms with Crippen molar-refractivity contribution in [1.82, 2.24) is 0 Å². The Morgan fingerprint density at radius 3 is 1.59 bits per heavy atom. The quantitative estimate of drug-likeness (QED) is 0.381. The van der Waals surface area contributed by atoms with Gasteiger partial charge in [-0.2, -0.15) is 5.23 Å². The minimum atomic E-state index is -1.17. The van der Waals surface area contributed by atoms with Crippen molar-refractivity contribution in [3.05, 3.63) is 113 Å². The predicted octanol–water partition coefficient (Wildman–Crippen LogP) is 3.33. The molecular formula is C26H22N2O4. The molecule has 1 heterocycles. The summed E-state index contributed by atoms with van der Waals surface area (Å²) in [5.74, 6) is -2.45. The van der Waals surface area contributed by atoms with Crippen LogP contribution >= 0.6 is 0 Å². The van der Waals surface area contributed by atoms with Crippen molar-refractivity contribution in [2.75, 3.05) is 4.90 Å². The van der Waals surface area contributed by atoms with Crippen molar-refractivity contribution in [2.45, 2.75) is 11.8 Å². The average Bonchev–Trinajstić information content (AvgIpc) is 3.10. The lowest BCUT2D eigenvalue weighted by Gasteiger charge is -2.32. The molecule has 2 aliphatic rings. The second kappa shape index (κ2) is 8.16. The number of para-hydroxylation sites is 2. The molecule has 3 aromatic carbocycles. The molecule has 0 aromatic heterocycles. The molecule has 1 aliphatic heterocycles. The van der Waals surface area contributed by atoms with Gasteiger partial charge in [-0.3, -0.25) is 9.59 Å². The summed E-state index contributed by atoms with van der Waals surface area (Å²) in [6.07, 6.45) is 4.04. The second-order valence-electron chi connectivity index (χ2n) is 8.14. The summed E-state index contributed by atoms with van der Waals surface area (Å²) in [6, 6.07) is 25.5. The highest BCUT2D eigenvalue weighted by atomic mass is 16.8. The summed E-state index contributed by atoms with van der Waals surface area (Å²) in [4.78, 5) is 28.6. The largest absolute Gasteiger partial charge is 0.595 e. The lowest BCUT2D eigenvalue weighted by molar-refractivity contribution is -0.990. The van der Waals surface area contributed by atoms with Gasteiger partial charge in [-0.15, -0.1) is 0 Å². The second-order valence-corrected chi connectivity index (χ2v) is 8.14. The first-order valence-corrected chi connectivity index (χ1v) is 10.6. The average molecular weight is 426 g/mol. The monoisotopic (exact) mass is 426 g/mol. The van der Waals surface area contributed by atoms with E-state index < -0.39 is 17.1 Å². The van der Waals surface area contributed by atoms with E-state index in [1.807, 2.05) is 72.8 Å². The Morgan fingerprint density at radius 2 is 1.12 bits per heavy atom. The van der Waals surface area contributed by atoms with Crippen molar-refractivity contribution in [2.24, 2.45) is 11.8 Å². The molecule has 1 aliphatic carbocycles. The van der Waals surface area contributed by atoms with Crippen LogP contribution in [-0.2, 0) is 9.59 Å². The van der Waals surface area contributed by atoms with E-state index in [4.69, 9.17) is 0 Å². The summed E-state index contributed by atoms with van der Waals surface area (Å²) >= 11 is 0. The highest BCUT2D eigenvalue weighted by Gasteiger charge is 2.56. The molecule has 3 aromatic rings. The maximum atomic E-state index is 13.8. The smallest absolute Gasteiger partial charge is 0.238 e. The highest BCUT2D eigenvalue weighted by Crippen LogP contribution is 2.50. The molecule has 1 unspecified atom stereocenters. The van der Waals surface area contributed by atoms with Crippen LogP contribution in [0.1, 0.15) is 23.0 Å². The lowest BCUT2D eigenvalue weighted by atomic mass is 9.68. The molecule has 0 saturated carbocycles. The fourth-order valence-corrected chi connectivity index (χ4v) is 5.02. The number of nitrogens with zero attached hydrogens (tertiary/aromatic N) is 1. The molecule has 1 saturated heterocycles. The summed E-state index contributed by atoms with van der Waals surface area (Å²) in [7, 11) is 0. The van der Waals surface area contributed by atoms with Gasteiger partial charge in [0.25, 0.3) is 0 Å². The third-order valence-electron chi connectivity index (χ3n) is 6.44. The van der Waals surface area contributed by atoms with Gasteiger partial charge in [-0.1, -0.05) is 84.9 Å². The molecule has 0 spiro atoms. The number of benzene rings is 3. The molecule has 5 atom stereocenters. The van der Waals surface area contributed by atoms with Crippen molar-refractivity contribution in [3.63, 3.8) is 0 Å². The zero-order valence-electron chi connectivity index (χ0n) is 17.2. The first-order valence-electron chi connectivity index (χ1n) is 10.6. The third-order valence-corrected chi connectivity index (χ3v) is 6.44. The number of rotatable bonds is 4. The predicted molar refractivity (Wildman–Crippen MR) is 119 cm³/mol. The number of hydrogen-bond donors (Lipinski definition) is 2. The van der Waals surface area contributed by atoms with Gasteiger partial charge in [0.1, 0.15) is 5.69 Å². The van der Waals surface area contributed by atoms with Crippen LogP contribution in [0, 0.1) is 17.0 Å². The Bertz CT molecular complexity index is 1110. The summed E-state index contributed by atoms with van der Waals surface area (Å²) in [5, 5.41) is 20.3. The van der Waals surface area contributed by atoms with Crippen LogP contribution in [0.15, 0.2) is 97.1 Å². The minimum Gasteiger partial charge on any atom is -0.595 e. The van der Waals surface area contributed by atoms with Gasteiger partial charge in [0.15, 0.2) is 5.69 Å². The molecule has 6 nitrogen and oxygen atoms in total. The molecule has 32 heavy (non-hydrogen) atoms. The van der Waals surface area contributed by atoms with Crippen molar-refractivity contribution < 1.29 is 20.0 Å². The van der Waals surface area contributed by atoms with Crippen molar-refractivity contribution in [1.29, 1.82) is 0 Å². The van der Waals surface area contributed by atoms with E-state index >= 15 is 0 Å². The first kappa shape index (κ1) is 20.3. The molecule has 6 heteroatoms. The van der Waals surface area contributed by atoms with Crippen molar-refractivity contribution in [3.8, 4) is 0 Å². The number of fused-ring (bicyclic) bond motifs is 1. The van der Waals surface area contributed by atoms with Gasteiger partial charge in [0.2, 0.25) is 11.8 Å². The van der Waals surface area contributed by atoms with Crippen LogP contribution in [-0.4, -0.2) is 17.0 Å². The Hall–Kier alpha value is -3.58. The number of quaternary nitrogens is 1. The molecule has 2 amide bonds. The van der Waals surface area contributed by atoms with Crippen LogP contribution in [0.25, 0.3) is 0 Å². The Labute approximate surface area is 185 Å². The summed E-state index contributed by atoms with van der Waals surface area (Å²) < 4.78 is 0. The maximum Gasteiger partial charge on any atom is 0.238 e. The van der Waals surface area contributed by atoms with E-state index in [0.29, 0.717) is 0 Å². The van der Waals surface area contributed by atoms with Gasteiger partial charge in [-0.25, -0.2) is 10.1 Å². The third kappa shape index (κ3) is 3.26. The number of anilines is 1. The van der Waals surface area contributed by atoms with Crippen LogP contribution < -0.4 is 10.1 Å². The topological polar surface area (TPSA) is 85.1 Å². The Balaban J connectivity index is 1.65. The number of hydrogen-bond acceptors (Lipinski definition) is 4. The highest BCUT2D eigenvalue weighted by molar-refractivity contribution is 6.23. The number of imide groups is 1. The number of carbonyl (C=O) groups is 2. The molecule has 0 radical (unpaired) electrons. The van der Waals surface area contributed by atoms with Crippen LogP contribution in [0.3, 0.4) is 0 Å². The van der Waals surface area contributed by atoms with Crippen LogP contribution in [0.5, 0.6) is 0 Å². The van der Waals surface area contributed by atoms with Gasteiger partial charge >= 0.3 is 0 Å². The fourth-order valence-electron chi connectivity index (χ4n) is 5.02. The van der Waals surface area contributed by atoms with E-state index in [9.17, 15) is 20.0 Å². The summed E-state index contributed by atoms with van der Waals surface area (Å²) in [6.45, 7) is 0. The van der Waals surface area contributed by atoms with Gasteiger partial charge in [-0.05, 0) is 17.2 Å². The maximum absolute atomic E-state index is 13.8. The molecule has 160 valence electrons.